The van der Waals surface area contributed by atoms with Gasteiger partial charge in [-0.15, -0.1) is 0 Å². The van der Waals surface area contributed by atoms with Crippen molar-refractivity contribution in [3.8, 4) is 0 Å². The van der Waals surface area contributed by atoms with E-state index in [1.54, 1.807) is 0 Å². The number of carbonyl (C=O) groups excluding carboxylic acids is 1. The molecule has 1 nitrogen and oxygen atoms in total. The van der Waals surface area contributed by atoms with E-state index in [0.717, 1.165) is 18.6 Å². The molecule has 1 atom stereocenters. The molecule has 2 heteroatoms. The van der Waals surface area contributed by atoms with Gasteiger partial charge in [-0.25, -0.2) is 0 Å². The molecule has 0 aromatic heterocycles. The SMILES string of the molecule is CCCCSC(=O)C(C)(C)C(C)CC. The lowest BCUT2D eigenvalue weighted by atomic mass is 9.80. The van der Waals surface area contributed by atoms with Crippen molar-refractivity contribution < 1.29 is 4.79 Å². The zero-order chi connectivity index (χ0) is 11.2. The molecule has 0 aliphatic heterocycles. The van der Waals surface area contributed by atoms with Gasteiger partial charge in [-0.3, -0.25) is 4.79 Å². The second kappa shape index (κ2) is 6.49. The van der Waals surface area contributed by atoms with Crippen LogP contribution in [0.15, 0.2) is 0 Å². The maximum atomic E-state index is 11.9. The first-order valence-corrected chi connectivity index (χ1v) is 6.62. The van der Waals surface area contributed by atoms with Gasteiger partial charge in [0.05, 0.1) is 0 Å². The molecule has 0 N–H and O–H groups in total. The van der Waals surface area contributed by atoms with Crippen molar-refractivity contribution in [3.63, 3.8) is 0 Å². The van der Waals surface area contributed by atoms with Crippen LogP contribution < -0.4 is 0 Å². The zero-order valence-corrected chi connectivity index (χ0v) is 11.0. The van der Waals surface area contributed by atoms with Gasteiger partial charge in [-0.05, 0) is 12.3 Å². The third-order valence-corrected chi connectivity index (χ3v) is 4.38. The van der Waals surface area contributed by atoms with E-state index < -0.39 is 0 Å². The number of hydrogen-bond acceptors (Lipinski definition) is 2. The summed E-state index contributed by atoms with van der Waals surface area (Å²) in [5, 5.41) is 0.361. The summed E-state index contributed by atoms with van der Waals surface area (Å²) in [6, 6.07) is 0. The molecule has 14 heavy (non-hydrogen) atoms. The van der Waals surface area contributed by atoms with Crippen molar-refractivity contribution in [2.24, 2.45) is 11.3 Å². The van der Waals surface area contributed by atoms with Gasteiger partial charge in [0.15, 0.2) is 5.12 Å². The van der Waals surface area contributed by atoms with Gasteiger partial charge in [0.1, 0.15) is 0 Å². The second-order valence-corrected chi connectivity index (χ2v) is 5.59. The Balaban J connectivity index is 4.07. The van der Waals surface area contributed by atoms with Crippen LogP contribution in [0.5, 0.6) is 0 Å². The average Bonchev–Trinajstić information content (AvgIpc) is 2.16. The van der Waals surface area contributed by atoms with Crippen LogP contribution in [0.1, 0.15) is 53.9 Å². The molecular formula is C12H24OS. The first-order chi connectivity index (χ1) is 6.46. The Labute approximate surface area is 93.0 Å². The fraction of sp³-hybridized carbons (Fsp3) is 0.917. The molecule has 0 bridgehead atoms. The lowest BCUT2D eigenvalue weighted by molar-refractivity contribution is -0.120. The smallest absolute Gasteiger partial charge is 0.194 e. The largest absolute Gasteiger partial charge is 0.287 e. The molecule has 84 valence electrons. The Morgan fingerprint density at radius 1 is 1.36 bits per heavy atom. The van der Waals surface area contributed by atoms with E-state index in [-0.39, 0.29) is 5.41 Å². The van der Waals surface area contributed by atoms with Gasteiger partial charge >= 0.3 is 0 Å². The van der Waals surface area contributed by atoms with Crippen molar-refractivity contribution >= 4 is 16.9 Å². The maximum Gasteiger partial charge on any atom is 0.194 e. The fourth-order valence-electron chi connectivity index (χ4n) is 1.21. The van der Waals surface area contributed by atoms with Crippen LogP contribution in [0.4, 0.5) is 0 Å². The summed E-state index contributed by atoms with van der Waals surface area (Å²) < 4.78 is 0. The minimum absolute atomic E-state index is 0.160. The lowest BCUT2D eigenvalue weighted by Crippen LogP contribution is -2.29. The molecule has 0 rings (SSSR count). The highest BCUT2D eigenvalue weighted by Crippen LogP contribution is 2.34. The van der Waals surface area contributed by atoms with Crippen LogP contribution in [0.2, 0.25) is 0 Å². The number of unbranched alkanes of at least 4 members (excludes halogenated alkanes) is 1. The van der Waals surface area contributed by atoms with Crippen molar-refractivity contribution in [2.45, 2.75) is 53.9 Å². The van der Waals surface area contributed by atoms with Crippen molar-refractivity contribution in [1.29, 1.82) is 0 Å². The number of hydrogen-bond donors (Lipinski definition) is 0. The van der Waals surface area contributed by atoms with E-state index >= 15 is 0 Å². The molecule has 0 aliphatic rings. The van der Waals surface area contributed by atoms with Crippen molar-refractivity contribution in [2.75, 3.05) is 5.75 Å². The minimum Gasteiger partial charge on any atom is -0.287 e. The highest BCUT2D eigenvalue weighted by atomic mass is 32.2. The monoisotopic (exact) mass is 216 g/mol. The molecule has 0 saturated carbocycles. The Morgan fingerprint density at radius 3 is 2.36 bits per heavy atom. The highest BCUT2D eigenvalue weighted by molar-refractivity contribution is 8.13. The third kappa shape index (κ3) is 4.04. The quantitative estimate of drug-likeness (QED) is 0.621. The fourth-order valence-corrected chi connectivity index (χ4v) is 2.40. The Hall–Kier alpha value is 0.0200. The van der Waals surface area contributed by atoms with Crippen LogP contribution in [0.25, 0.3) is 0 Å². The van der Waals surface area contributed by atoms with Gasteiger partial charge in [0.2, 0.25) is 0 Å². The van der Waals surface area contributed by atoms with Gasteiger partial charge in [0.25, 0.3) is 0 Å². The van der Waals surface area contributed by atoms with E-state index in [4.69, 9.17) is 0 Å². The molecule has 0 saturated heterocycles. The predicted octanol–water partition coefficient (Wildman–Crippen LogP) is 4.12. The molecule has 0 fully saturated rings. The van der Waals surface area contributed by atoms with Crippen LogP contribution in [-0.2, 0) is 4.79 Å². The molecule has 0 aromatic carbocycles. The van der Waals surface area contributed by atoms with Gasteiger partial charge in [0, 0.05) is 11.2 Å². The topological polar surface area (TPSA) is 17.1 Å². The molecule has 0 heterocycles. The summed E-state index contributed by atoms with van der Waals surface area (Å²) in [6.45, 7) is 10.6. The number of rotatable bonds is 6. The predicted molar refractivity (Wildman–Crippen MR) is 65.6 cm³/mol. The third-order valence-electron chi connectivity index (χ3n) is 3.10. The Kier molecular flexibility index (Phi) is 6.50. The summed E-state index contributed by atoms with van der Waals surface area (Å²) in [6.07, 6.45) is 3.39. The zero-order valence-electron chi connectivity index (χ0n) is 10.2. The number of carbonyl (C=O) groups is 1. The Bertz CT molecular complexity index is 175. The first kappa shape index (κ1) is 14.0. The Morgan fingerprint density at radius 2 is 1.93 bits per heavy atom. The van der Waals surface area contributed by atoms with Crippen LogP contribution >= 0.6 is 11.8 Å². The molecule has 0 aliphatic carbocycles. The maximum absolute atomic E-state index is 11.9. The molecule has 0 radical (unpaired) electrons. The van der Waals surface area contributed by atoms with Gasteiger partial charge < -0.3 is 0 Å². The normalized spacial score (nSPS) is 14.1. The van der Waals surface area contributed by atoms with E-state index in [1.165, 1.54) is 18.2 Å². The molecule has 0 aromatic rings. The summed E-state index contributed by atoms with van der Waals surface area (Å²) in [5.74, 6) is 1.46. The average molecular weight is 216 g/mol. The molecular weight excluding hydrogens is 192 g/mol. The van der Waals surface area contributed by atoms with Crippen LogP contribution in [0.3, 0.4) is 0 Å². The van der Waals surface area contributed by atoms with Crippen molar-refractivity contribution in [3.05, 3.63) is 0 Å². The van der Waals surface area contributed by atoms with Crippen LogP contribution in [-0.4, -0.2) is 10.9 Å². The highest BCUT2D eigenvalue weighted by Gasteiger charge is 2.32. The summed E-state index contributed by atoms with van der Waals surface area (Å²) in [5.41, 5.74) is -0.160. The standard InChI is InChI=1S/C12H24OS/c1-6-8-9-14-11(13)12(4,5)10(3)7-2/h10H,6-9H2,1-5H3. The molecule has 0 spiro atoms. The minimum atomic E-state index is -0.160. The van der Waals surface area contributed by atoms with E-state index in [9.17, 15) is 4.79 Å². The van der Waals surface area contributed by atoms with Crippen molar-refractivity contribution in [1.82, 2.24) is 0 Å². The number of thioether (sulfide) groups is 1. The summed E-state index contributed by atoms with van der Waals surface area (Å²) in [4.78, 5) is 11.9. The second-order valence-electron chi connectivity index (χ2n) is 4.52. The molecule has 1 unspecified atom stereocenters. The molecule has 0 amide bonds. The van der Waals surface area contributed by atoms with E-state index in [2.05, 4.69) is 34.6 Å². The van der Waals surface area contributed by atoms with Gasteiger partial charge in [-0.1, -0.05) is 59.2 Å². The summed E-state index contributed by atoms with van der Waals surface area (Å²) >= 11 is 1.51. The van der Waals surface area contributed by atoms with E-state index in [0.29, 0.717) is 11.0 Å². The van der Waals surface area contributed by atoms with Gasteiger partial charge in [-0.2, -0.15) is 0 Å². The van der Waals surface area contributed by atoms with E-state index in [1.807, 2.05) is 0 Å². The van der Waals surface area contributed by atoms with Crippen LogP contribution in [0, 0.1) is 11.3 Å². The summed E-state index contributed by atoms with van der Waals surface area (Å²) in [7, 11) is 0. The first-order valence-electron chi connectivity index (χ1n) is 5.64. The lowest BCUT2D eigenvalue weighted by Gasteiger charge is -2.28.